The number of halogens is 1. The second-order valence-corrected chi connectivity index (χ2v) is 5.00. The van der Waals surface area contributed by atoms with Crippen molar-refractivity contribution in [2.45, 2.75) is 26.4 Å². The monoisotopic (exact) mass is 262 g/mol. The number of carbonyl (C=O) groups excluding carboxylic acids is 1. The molecule has 0 saturated carbocycles. The molecule has 17 heavy (non-hydrogen) atoms. The van der Waals surface area contributed by atoms with E-state index in [1.165, 1.54) is 0 Å². The molecule has 0 aromatic rings. The van der Waals surface area contributed by atoms with Crippen LogP contribution < -0.4 is 0 Å². The van der Waals surface area contributed by atoms with Crippen molar-refractivity contribution in [1.82, 2.24) is 9.80 Å². The van der Waals surface area contributed by atoms with E-state index in [1.54, 1.807) is 0 Å². The molecular weight excluding hydrogens is 240 g/mol. The zero-order chi connectivity index (χ0) is 12.7. The third-order valence-electron chi connectivity index (χ3n) is 2.88. The molecule has 0 spiro atoms. The lowest BCUT2D eigenvalue weighted by atomic mass is 10.4. The van der Waals surface area contributed by atoms with Gasteiger partial charge in [0.2, 0.25) is 5.91 Å². The summed E-state index contributed by atoms with van der Waals surface area (Å²) in [7, 11) is 0. The lowest BCUT2D eigenvalue weighted by molar-refractivity contribution is -0.137. The number of rotatable bonds is 5. The Bertz CT molecular complexity index is 237. The van der Waals surface area contributed by atoms with Crippen molar-refractivity contribution in [3.8, 4) is 0 Å². The van der Waals surface area contributed by atoms with Crippen LogP contribution in [0.5, 0.6) is 0 Å². The fraction of sp³-hybridized carbons (Fsp3) is 0.917. The summed E-state index contributed by atoms with van der Waals surface area (Å²) in [5.74, 6) is 0.760. The van der Waals surface area contributed by atoms with E-state index in [0.29, 0.717) is 5.88 Å². The van der Waals surface area contributed by atoms with Gasteiger partial charge in [0.25, 0.3) is 0 Å². The van der Waals surface area contributed by atoms with Gasteiger partial charge >= 0.3 is 0 Å². The molecule has 0 unspecified atom stereocenters. The topological polar surface area (TPSA) is 32.8 Å². The van der Waals surface area contributed by atoms with Crippen LogP contribution in [0.1, 0.15) is 20.3 Å². The van der Waals surface area contributed by atoms with Gasteiger partial charge in [-0.1, -0.05) is 0 Å². The SMILES string of the molecule is CC(C)OCC(=O)N1CCCN(CCCl)CC1. The first-order chi connectivity index (χ1) is 8.13. The summed E-state index contributed by atoms with van der Waals surface area (Å²) in [6, 6.07) is 0. The van der Waals surface area contributed by atoms with E-state index in [4.69, 9.17) is 16.3 Å². The average molecular weight is 263 g/mol. The van der Waals surface area contributed by atoms with Crippen molar-refractivity contribution in [2.75, 3.05) is 45.2 Å². The second-order valence-electron chi connectivity index (χ2n) is 4.62. The summed E-state index contributed by atoms with van der Waals surface area (Å²) in [4.78, 5) is 16.1. The van der Waals surface area contributed by atoms with Gasteiger partial charge in [0.05, 0.1) is 6.10 Å². The van der Waals surface area contributed by atoms with Crippen LogP contribution in [0, 0.1) is 0 Å². The zero-order valence-electron chi connectivity index (χ0n) is 10.8. The van der Waals surface area contributed by atoms with Gasteiger partial charge in [-0.15, -0.1) is 11.6 Å². The van der Waals surface area contributed by atoms with E-state index in [1.807, 2.05) is 18.7 Å². The Labute approximate surface area is 109 Å². The van der Waals surface area contributed by atoms with E-state index >= 15 is 0 Å². The molecule has 0 radical (unpaired) electrons. The molecule has 1 rings (SSSR count). The molecule has 0 bridgehead atoms. The number of alkyl halides is 1. The summed E-state index contributed by atoms with van der Waals surface area (Å²) in [6.45, 7) is 8.56. The third-order valence-corrected chi connectivity index (χ3v) is 3.05. The second kappa shape index (κ2) is 7.90. The van der Waals surface area contributed by atoms with Gasteiger partial charge in [-0.25, -0.2) is 0 Å². The molecule has 0 N–H and O–H groups in total. The molecule has 4 nitrogen and oxygen atoms in total. The summed E-state index contributed by atoms with van der Waals surface area (Å²) in [5.41, 5.74) is 0. The highest BCUT2D eigenvalue weighted by atomic mass is 35.5. The van der Waals surface area contributed by atoms with Crippen LogP contribution in [0.2, 0.25) is 0 Å². The molecule has 1 aliphatic heterocycles. The number of nitrogens with zero attached hydrogens (tertiary/aromatic N) is 2. The molecule has 1 heterocycles. The lowest BCUT2D eigenvalue weighted by Crippen LogP contribution is -2.38. The molecule has 1 amide bonds. The maximum absolute atomic E-state index is 11.9. The first-order valence-electron chi connectivity index (χ1n) is 6.31. The largest absolute Gasteiger partial charge is 0.369 e. The summed E-state index contributed by atoms with van der Waals surface area (Å²) < 4.78 is 5.35. The molecule has 0 atom stereocenters. The quantitative estimate of drug-likeness (QED) is 0.698. The Morgan fingerprint density at radius 3 is 2.71 bits per heavy atom. The third kappa shape index (κ3) is 5.70. The minimum Gasteiger partial charge on any atom is -0.369 e. The number of hydrogen-bond acceptors (Lipinski definition) is 3. The Morgan fingerprint density at radius 1 is 1.29 bits per heavy atom. The molecule has 5 heteroatoms. The normalized spacial score (nSPS) is 18.5. The van der Waals surface area contributed by atoms with Gasteiger partial charge < -0.3 is 14.5 Å². The summed E-state index contributed by atoms with van der Waals surface area (Å²) >= 11 is 5.73. The van der Waals surface area contributed by atoms with Crippen molar-refractivity contribution in [1.29, 1.82) is 0 Å². The Kier molecular flexibility index (Phi) is 6.85. The van der Waals surface area contributed by atoms with E-state index < -0.39 is 0 Å². The lowest BCUT2D eigenvalue weighted by Gasteiger charge is -2.21. The predicted octanol–water partition coefficient (Wildman–Crippen LogP) is 1.18. The Morgan fingerprint density at radius 2 is 2.06 bits per heavy atom. The molecule has 1 aliphatic rings. The van der Waals surface area contributed by atoms with Crippen molar-refractivity contribution in [3.63, 3.8) is 0 Å². The first-order valence-corrected chi connectivity index (χ1v) is 6.84. The van der Waals surface area contributed by atoms with Crippen molar-refractivity contribution in [3.05, 3.63) is 0 Å². The van der Waals surface area contributed by atoms with Gasteiger partial charge in [0.1, 0.15) is 6.61 Å². The highest BCUT2D eigenvalue weighted by Gasteiger charge is 2.18. The number of carbonyl (C=O) groups is 1. The van der Waals surface area contributed by atoms with Crippen LogP contribution in [0.3, 0.4) is 0 Å². The van der Waals surface area contributed by atoms with Crippen LogP contribution in [-0.2, 0) is 9.53 Å². The average Bonchev–Trinajstić information content (AvgIpc) is 2.52. The maximum atomic E-state index is 11.9. The van der Waals surface area contributed by atoms with E-state index in [0.717, 1.165) is 39.1 Å². The zero-order valence-corrected chi connectivity index (χ0v) is 11.6. The number of amides is 1. The molecule has 1 fully saturated rings. The summed E-state index contributed by atoms with van der Waals surface area (Å²) in [5, 5.41) is 0. The standard InChI is InChI=1S/C12H23ClN2O2/c1-11(2)17-10-12(16)15-6-3-5-14(7-4-13)8-9-15/h11H,3-10H2,1-2H3. The number of hydrogen-bond donors (Lipinski definition) is 0. The fourth-order valence-corrected chi connectivity index (χ4v) is 2.13. The van der Waals surface area contributed by atoms with Crippen LogP contribution in [-0.4, -0.2) is 67.0 Å². The molecule has 0 aromatic carbocycles. The predicted molar refractivity (Wildman–Crippen MR) is 69.4 cm³/mol. The summed E-state index contributed by atoms with van der Waals surface area (Å²) in [6.07, 6.45) is 1.13. The first kappa shape index (κ1) is 14.7. The molecule has 0 aliphatic carbocycles. The van der Waals surface area contributed by atoms with Gasteiger partial charge in [0.15, 0.2) is 0 Å². The van der Waals surface area contributed by atoms with Gasteiger partial charge in [-0.2, -0.15) is 0 Å². The highest BCUT2D eigenvalue weighted by molar-refractivity contribution is 6.18. The van der Waals surface area contributed by atoms with Crippen LogP contribution in [0.4, 0.5) is 0 Å². The van der Waals surface area contributed by atoms with Crippen LogP contribution in [0.25, 0.3) is 0 Å². The minimum absolute atomic E-state index is 0.103. The molecule has 0 aromatic heterocycles. The maximum Gasteiger partial charge on any atom is 0.248 e. The van der Waals surface area contributed by atoms with Crippen LogP contribution >= 0.6 is 11.6 Å². The van der Waals surface area contributed by atoms with E-state index in [2.05, 4.69) is 4.90 Å². The Balaban J connectivity index is 2.32. The van der Waals surface area contributed by atoms with E-state index in [9.17, 15) is 4.79 Å². The molecular formula is C12H23ClN2O2. The smallest absolute Gasteiger partial charge is 0.248 e. The highest BCUT2D eigenvalue weighted by Crippen LogP contribution is 2.04. The molecule has 1 saturated heterocycles. The van der Waals surface area contributed by atoms with E-state index in [-0.39, 0.29) is 18.6 Å². The van der Waals surface area contributed by atoms with Crippen molar-refractivity contribution in [2.24, 2.45) is 0 Å². The van der Waals surface area contributed by atoms with Crippen molar-refractivity contribution >= 4 is 17.5 Å². The minimum atomic E-state index is 0.103. The van der Waals surface area contributed by atoms with Crippen LogP contribution in [0.15, 0.2) is 0 Å². The van der Waals surface area contributed by atoms with Gasteiger partial charge in [-0.05, 0) is 26.8 Å². The van der Waals surface area contributed by atoms with Gasteiger partial charge in [0, 0.05) is 32.1 Å². The van der Waals surface area contributed by atoms with Gasteiger partial charge in [-0.3, -0.25) is 4.79 Å². The molecule has 100 valence electrons. The number of ether oxygens (including phenoxy) is 1. The van der Waals surface area contributed by atoms with Crippen molar-refractivity contribution < 1.29 is 9.53 Å². The fourth-order valence-electron chi connectivity index (χ4n) is 1.89. The Hall–Kier alpha value is -0.320.